The van der Waals surface area contributed by atoms with Crippen LogP contribution < -0.4 is 14.6 Å². The van der Waals surface area contributed by atoms with E-state index in [9.17, 15) is 31.6 Å². The van der Waals surface area contributed by atoms with Crippen molar-refractivity contribution in [2.45, 2.75) is 191 Å². The summed E-state index contributed by atoms with van der Waals surface area (Å²) >= 11 is 0. The van der Waals surface area contributed by atoms with E-state index in [1.807, 2.05) is 24.3 Å². The van der Waals surface area contributed by atoms with Crippen LogP contribution >= 0.6 is 0 Å². The molecule has 4 aromatic carbocycles. The quantitative estimate of drug-likeness (QED) is 0.0272. The number of ether oxygens (including phenoxy) is 2. The second-order valence-electron chi connectivity index (χ2n) is 16.9. The van der Waals surface area contributed by atoms with Gasteiger partial charge < -0.3 is 24.2 Å². The predicted molar refractivity (Wildman–Crippen MR) is 260 cm³/mol. The van der Waals surface area contributed by atoms with Gasteiger partial charge >= 0.3 is 37.7 Å². The molecule has 0 saturated heterocycles. The van der Waals surface area contributed by atoms with Crippen molar-refractivity contribution >= 4 is 58.0 Å². The van der Waals surface area contributed by atoms with Crippen LogP contribution in [0.5, 0.6) is 34.5 Å². The zero-order valence-corrected chi connectivity index (χ0v) is 43.0. The molecule has 0 aliphatic heterocycles. The first kappa shape index (κ1) is 58.3. The van der Waals surface area contributed by atoms with Gasteiger partial charge in [0, 0.05) is 6.07 Å². The molecule has 0 aromatic heterocycles. The van der Waals surface area contributed by atoms with Gasteiger partial charge in [-0.3, -0.25) is 4.55 Å². The topological polar surface area (TPSA) is 173 Å². The minimum atomic E-state index is -4.64. The zero-order valence-electron chi connectivity index (χ0n) is 39.2. The summed E-state index contributed by atoms with van der Waals surface area (Å²) in [6.07, 6.45) is 33.9. The van der Waals surface area contributed by atoms with E-state index in [1.54, 1.807) is 24.3 Å². The van der Waals surface area contributed by atoms with E-state index >= 15 is 0 Å². The molecule has 4 rings (SSSR count). The first-order valence-electron chi connectivity index (χ1n) is 23.9. The van der Waals surface area contributed by atoms with Crippen LogP contribution in [0.15, 0.2) is 94.7 Å². The molecule has 0 spiro atoms. The fourth-order valence-electron chi connectivity index (χ4n) is 7.50. The molecule has 13 heteroatoms. The molecule has 10 nitrogen and oxygen atoms in total. The van der Waals surface area contributed by atoms with Crippen molar-refractivity contribution in [3.05, 3.63) is 96.1 Å². The first-order valence-corrected chi connectivity index (χ1v) is 26.8. The van der Waals surface area contributed by atoms with Gasteiger partial charge in [0.1, 0.15) is 27.4 Å². The molecular weight excluding hydrogens is 889 g/mol. The van der Waals surface area contributed by atoms with Crippen LogP contribution in [0.3, 0.4) is 0 Å². The SMILES string of the molecule is CCCCCCCCCCCCCCc1ccc(Oc2cc(S(=O)(=O)O)ccc2O)cc1.CCCCCCCCCCCCCCc1ccc(Oc2cc(S(=O)(=O)[O-])ccc2[O-])cc1.[Ca+2]. The first-order chi connectivity index (χ1) is 30.8. The minimum absolute atomic E-state index is 0. The summed E-state index contributed by atoms with van der Waals surface area (Å²) in [4.78, 5) is -0.801. The Morgan fingerprint density at radius 2 is 0.800 bits per heavy atom. The van der Waals surface area contributed by atoms with Crippen LogP contribution in [-0.2, 0) is 33.1 Å². The van der Waals surface area contributed by atoms with Crippen LogP contribution in [0.25, 0.3) is 0 Å². The van der Waals surface area contributed by atoms with Crippen LogP contribution in [0.4, 0.5) is 0 Å². The number of hydrogen-bond acceptors (Lipinski definition) is 9. The minimum Gasteiger partial charge on any atom is -0.870 e. The van der Waals surface area contributed by atoms with Crippen molar-refractivity contribution in [1.29, 1.82) is 0 Å². The van der Waals surface area contributed by atoms with E-state index in [-0.39, 0.29) is 59.9 Å². The molecule has 0 heterocycles. The Kier molecular flexibility index (Phi) is 30.1. The molecule has 65 heavy (non-hydrogen) atoms. The molecular formula is C52H74CaO10S2. The van der Waals surface area contributed by atoms with Crippen molar-refractivity contribution < 1.29 is 45.6 Å². The summed E-state index contributed by atoms with van der Waals surface area (Å²) in [6.45, 7) is 4.51. The van der Waals surface area contributed by atoms with Crippen LogP contribution in [0.2, 0.25) is 0 Å². The Hall–Kier alpha value is -2.84. The Morgan fingerprint density at radius 1 is 0.462 bits per heavy atom. The Balaban J connectivity index is 0.000000440. The molecule has 0 radical (unpaired) electrons. The summed E-state index contributed by atoms with van der Waals surface area (Å²) in [5, 5.41) is 21.8. The number of aromatic hydroxyl groups is 1. The fraction of sp³-hybridized carbons (Fsp3) is 0.538. The van der Waals surface area contributed by atoms with E-state index in [1.165, 1.54) is 158 Å². The number of rotatable bonds is 32. The number of phenolic OH excluding ortho intramolecular Hbond substituents is 1. The van der Waals surface area contributed by atoms with Crippen molar-refractivity contribution in [3.8, 4) is 34.5 Å². The normalized spacial score (nSPS) is 11.4. The van der Waals surface area contributed by atoms with Crippen molar-refractivity contribution in [3.63, 3.8) is 0 Å². The molecule has 0 aliphatic rings. The maximum absolute atomic E-state index is 11.9. The van der Waals surface area contributed by atoms with Gasteiger partial charge in [-0.1, -0.05) is 191 Å². The standard InChI is InChI=1S/2C26H38O5S.Ca/c2*1-2-3-4-5-6-7-8-9-10-11-12-13-14-22-15-17-23(18-16-22)31-26-21-24(32(28,29)30)19-20-25(26)27;/h2*15-21,27H,2-14H2,1H3,(H,28,29,30);/q;;+2/p-2. The summed E-state index contributed by atoms with van der Waals surface area (Å²) < 4.78 is 76.2. The van der Waals surface area contributed by atoms with Gasteiger partial charge in [-0.05, 0) is 85.3 Å². The molecule has 0 unspecified atom stereocenters. The summed E-state index contributed by atoms with van der Waals surface area (Å²) in [5.41, 5.74) is 2.42. The van der Waals surface area contributed by atoms with Gasteiger partial charge in [0.2, 0.25) is 0 Å². The number of hydrogen-bond donors (Lipinski definition) is 2. The van der Waals surface area contributed by atoms with Gasteiger partial charge in [0.25, 0.3) is 10.1 Å². The number of phenols is 1. The third-order valence-electron chi connectivity index (χ3n) is 11.4. The van der Waals surface area contributed by atoms with Crippen molar-refractivity contribution in [1.82, 2.24) is 0 Å². The van der Waals surface area contributed by atoms with Gasteiger partial charge in [-0.2, -0.15) is 8.42 Å². The van der Waals surface area contributed by atoms with E-state index in [0.29, 0.717) is 11.5 Å². The largest absolute Gasteiger partial charge is 2.00 e. The number of unbranched alkanes of at least 4 members (excludes halogenated alkanes) is 22. The third kappa shape index (κ3) is 25.8. The smallest absolute Gasteiger partial charge is 0.870 e. The Morgan fingerprint density at radius 3 is 1.17 bits per heavy atom. The van der Waals surface area contributed by atoms with Gasteiger partial charge in [0.15, 0.2) is 11.5 Å². The van der Waals surface area contributed by atoms with Crippen LogP contribution in [0, 0.1) is 0 Å². The molecule has 0 atom stereocenters. The summed E-state index contributed by atoms with van der Waals surface area (Å²) in [5.74, 6) is 0.0626. The summed E-state index contributed by atoms with van der Waals surface area (Å²) in [6, 6.07) is 21.4. The molecule has 0 aliphatic carbocycles. The van der Waals surface area contributed by atoms with Gasteiger partial charge in [-0.15, -0.1) is 0 Å². The molecule has 2 N–H and O–H groups in total. The van der Waals surface area contributed by atoms with E-state index in [0.717, 1.165) is 56.0 Å². The van der Waals surface area contributed by atoms with Gasteiger partial charge in [0.05, 0.1) is 9.79 Å². The van der Waals surface area contributed by atoms with Crippen LogP contribution in [0.1, 0.15) is 179 Å². The second-order valence-corrected chi connectivity index (χ2v) is 19.7. The predicted octanol–water partition coefficient (Wildman–Crippen LogP) is 14.0. The molecule has 4 aromatic rings. The number of aryl methyl sites for hydroxylation is 2. The zero-order chi connectivity index (χ0) is 46.5. The maximum atomic E-state index is 11.9. The Bertz CT molecular complexity index is 1940. The van der Waals surface area contributed by atoms with E-state index < -0.39 is 30.9 Å². The second kappa shape index (κ2) is 33.6. The average molecular weight is 963 g/mol. The van der Waals surface area contributed by atoms with E-state index in [2.05, 4.69) is 13.8 Å². The third-order valence-corrected chi connectivity index (χ3v) is 13.1. The van der Waals surface area contributed by atoms with Crippen molar-refractivity contribution in [2.75, 3.05) is 0 Å². The maximum Gasteiger partial charge on any atom is 2.00 e. The fourth-order valence-corrected chi connectivity index (χ4v) is 8.48. The van der Waals surface area contributed by atoms with E-state index in [4.69, 9.17) is 14.0 Å². The van der Waals surface area contributed by atoms with Gasteiger partial charge in [-0.25, -0.2) is 8.42 Å². The molecule has 0 amide bonds. The molecule has 0 bridgehead atoms. The summed E-state index contributed by atoms with van der Waals surface area (Å²) in [7, 11) is -9.00. The number of benzene rings is 4. The van der Waals surface area contributed by atoms with Crippen LogP contribution in [-0.4, -0.2) is 68.8 Å². The molecule has 356 valence electrons. The molecule has 0 saturated carbocycles. The van der Waals surface area contributed by atoms with Crippen molar-refractivity contribution in [2.24, 2.45) is 0 Å². The average Bonchev–Trinajstić information content (AvgIpc) is 3.26. The monoisotopic (exact) mass is 962 g/mol. The Labute approximate surface area is 421 Å². The molecule has 0 fully saturated rings.